The highest BCUT2D eigenvalue weighted by Gasteiger charge is 2.09. The van der Waals surface area contributed by atoms with E-state index in [4.69, 9.17) is 4.42 Å². The number of hydrogen-bond acceptors (Lipinski definition) is 5. The number of carbonyl (C=O) groups is 1. The van der Waals surface area contributed by atoms with Crippen LogP contribution in [0.15, 0.2) is 87.2 Å². The van der Waals surface area contributed by atoms with Crippen molar-refractivity contribution in [2.75, 3.05) is 5.32 Å². The molecule has 0 aliphatic carbocycles. The minimum Gasteiger partial charge on any atom is -0.408 e. The van der Waals surface area contributed by atoms with Crippen LogP contribution in [-0.2, 0) is 17.1 Å². The summed E-state index contributed by atoms with van der Waals surface area (Å²) >= 11 is 1.72. The van der Waals surface area contributed by atoms with Crippen molar-refractivity contribution < 1.29 is 9.21 Å². The van der Waals surface area contributed by atoms with Crippen molar-refractivity contribution in [1.82, 2.24) is 9.55 Å². The molecule has 2 aromatic heterocycles. The third-order valence-corrected chi connectivity index (χ3v) is 5.71. The van der Waals surface area contributed by atoms with Crippen LogP contribution < -0.4 is 11.1 Å². The lowest BCUT2D eigenvalue weighted by Crippen LogP contribution is -2.17. The molecule has 0 saturated heterocycles. The molecule has 2 aromatic carbocycles. The van der Waals surface area contributed by atoms with Gasteiger partial charge in [0.15, 0.2) is 5.58 Å². The van der Waals surface area contributed by atoms with Crippen LogP contribution in [0.4, 0.5) is 5.69 Å². The minimum atomic E-state index is -0.393. The number of oxazole rings is 1. The van der Waals surface area contributed by atoms with Crippen LogP contribution in [0.2, 0.25) is 0 Å². The number of pyridine rings is 1. The number of aromatic nitrogens is 2. The van der Waals surface area contributed by atoms with Crippen LogP contribution in [0.3, 0.4) is 0 Å². The van der Waals surface area contributed by atoms with Crippen LogP contribution in [0, 0.1) is 0 Å². The minimum absolute atomic E-state index is 0.0772. The summed E-state index contributed by atoms with van der Waals surface area (Å²) < 4.78 is 6.78. The van der Waals surface area contributed by atoms with E-state index in [-0.39, 0.29) is 5.91 Å². The second kappa shape index (κ2) is 9.45. The van der Waals surface area contributed by atoms with Gasteiger partial charge in [0.1, 0.15) is 0 Å². The summed E-state index contributed by atoms with van der Waals surface area (Å²) in [7, 11) is 0. The fourth-order valence-electron chi connectivity index (χ4n) is 3.13. The zero-order valence-electron chi connectivity index (χ0n) is 16.3. The second-order valence-electron chi connectivity index (χ2n) is 6.81. The summed E-state index contributed by atoms with van der Waals surface area (Å²) in [6, 6.07) is 19.1. The summed E-state index contributed by atoms with van der Waals surface area (Å²) in [5, 5.41) is 2.91. The molecule has 4 rings (SSSR count). The van der Waals surface area contributed by atoms with Gasteiger partial charge in [0.2, 0.25) is 5.91 Å². The van der Waals surface area contributed by atoms with E-state index in [2.05, 4.69) is 16.4 Å². The molecule has 0 aliphatic heterocycles. The maximum Gasteiger partial charge on any atom is 0.419 e. The van der Waals surface area contributed by atoms with E-state index < -0.39 is 5.76 Å². The van der Waals surface area contributed by atoms with E-state index in [1.54, 1.807) is 28.6 Å². The summed E-state index contributed by atoms with van der Waals surface area (Å²) in [5.74, 6) is 0.379. The lowest BCUT2D eigenvalue weighted by molar-refractivity contribution is -0.116. The lowest BCUT2D eigenvalue weighted by atomic mass is 10.2. The van der Waals surface area contributed by atoms with Gasteiger partial charge in [-0.3, -0.25) is 14.3 Å². The number of nitrogens with one attached hydrogen (secondary N) is 1. The molecular formula is C23H21N3O3S. The number of nitrogens with zero attached hydrogens (tertiary/aromatic N) is 2. The molecular weight excluding hydrogens is 398 g/mol. The van der Waals surface area contributed by atoms with E-state index in [1.165, 1.54) is 5.56 Å². The molecule has 4 aromatic rings. The van der Waals surface area contributed by atoms with E-state index in [1.807, 2.05) is 54.7 Å². The summed E-state index contributed by atoms with van der Waals surface area (Å²) in [5.41, 5.74) is 3.25. The van der Waals surface area contributed by atoms with E-state index >= 15 is 0 Å². The first-order chi connectivity index (χ1) is 14.7. The van der Waals surface area contributed by atoms with Crippen molar-refractivity contribution in [3.63, 3.8) is 0 Å². The van der Waals surface area contributed by atoms with Crippen LogP contribution in [0.5, 0.6) is 0 Å². The first kappa shape index (κ1) is 20.0. The quantitative estimate of drug-likeness (QED) is 0.419. The van der Waals surface area contributed by atoms with Gasteiger partial charge in [-0.2, -0.15) is 0 Å². The smallest absolute Gasteiger partial charge is 0.408 e. The standard InChI is InChI=1S/C23H21N3O3S/c27-22(8-4-14-26-20-6-1-2-7-21(20)29-23(26)28)25-18-9-11-19(12-10-18)30-16-17-5-3-13-24-15-17/h1-3,5-7,9-13,15H,4,8,14,16H2,(H,25,27). The highest BCUT2D eigenvalue weighted by atomic mass is 32.2. The van der Waals surface area contributed by atoms with Gasteiger partial charge in [-0.05, 0) is 54.4 Å². The molecule has 1 amide bonds. The molecule has 2 heterocycles. The Morgan fingerprint density at radius 1 is 1.07 bits per heavy atom. The molecule has 0 unspecified atom stereocenters. The normalized spacial score (nSPS) is 10.9. The van der Waals surface area contributed by atoms with Gasteiger partial charge in [-0.1, -0.05) is 18.2 Å². The molecule has 0 saturated carbocycles. The molecule has 0 spiro atoms. The topological polar surface area (TPSA) is 77.1 Å². The Morgan fingerprint density at radius 3 is 2.70 bits per heavy atom. The van der Waals surface area contributed by atoms with Gasteiger partial charge < -0.3 is 9.73 Å². The number of rotatable bonds is 8. The molecule has 0 fully saturated rings. The third kappa shape index (κ3) is 4.99. The van der Waals surface area contributed by atoms with Gasteiger partial charge in [0.05, 0.1) is 5.52 Å². The number of thioether (sulfide) groups is 1. The summed E-state index contributed by atoms with van der Waals surface area (Å²) in [6.07, 6.45) is 4.50. The Balaban J connectivity index is 1.25. The molecule has 30 heavy (non-hydrogen) atoms. The van der Waals surface area contributed by atoms with E-state index in [9.17, 15) is 9.59 Å². The molecule has 0 radical (unpaired) electrons. The highest BCUT2D eigenvalue weighted by molar-refractivity contribution is 7.98. The first-order valence-electron chi connectivity index (χ1n) is 9.69. The van der Waals surface area contributed by atoms with Crippen LogP contribution >= 0.6 is 11.8 Å². The number of fused-ring (bicyclic) bond motifs is 1. The molecule has 0 atom stereocenters. The molecule has 7 heteroatoms. The number of anilines is 1. The SMILES string of the molecule is O=C(CCCn1c(=O)oc2ccccc21)Nc1ccc(SCc2cccnc2)cc1. The maximum absolute atomic E-state index is 12.3. The Labute approximate surface area is 177 Å². The number of carbonyl (C=O) groups excluding carboxylic acids is 1. The Hall–Kier alpha value is -3.32. The average molecular weight is 420 g/mol. The van der Waals surface area contributed by atoms with Crippen molar-refractivity contribution in [2.24, 2.45) is 0 Å². The Kier molecular flexibility index (Phi) is 6.29. The number of aryl methyl sites for hydroxylation is 1. The van der Waals surface area contributed by atoms with E-state index in [0.717, 1.165) is 21.9 Å². The van der Waals surface area contributed by atoms with Gasteiger partial charge in [-0.25, -0.2) is 4.79 Å². The number of amides is 1. The average Bonchev–Trinajstić information content (AvgIpc) is 3.09. The van der Waals surface area contributed by atoms with Crippen molar-refractivity contribution in [3.05, 3.63) is 89.2 Å². The summed E-state index contributed by atoms with van der Waals surface area (Å²) in [4.78, 5) is 29.5. The van der Waals surface area contributed by atoms with Gasteiger partial charge in [-0.15, -0.1) is 11.8 Å². The van der Waals surface area contributed by atoms with E-state index in [0.29, 0.717) is 25.0 Å². The fraction of sp³-hybridized carbons (Fsp3) is 0.174. The zero-order chi connectivity index (χ0) is 20.8. The fourth-order valence-corrected chi connectivity index (χ4v) is 3.96. The van der Waals surface area contributed by atoms with Gasteiger partial charge >= 0.3 is 5.76 Å². The molecule has 1 N–H and O–H groups in total. The van der Waals surface area contributed by atoms with Gasteiger partial charge in [0.25, 0.3) is 0 Å². The van der Waals surface area contributed by atoms with Crippen LogP contribution in [0.25, 0.3) is 11.1 Å². The van der Waals surface area contributed by atoms with Gasteiger partial charge in [0, 0.05) is 41.7 Å². The molecule has 0 aliphatic rings. The number of para-hydroxylation sites is 2. The molecule has 0 bridgehead atoms. The van der Waals surface area contributed by atoms with Crippen molar-refractivity contribution in [2.45, 2.75) is 30.0 Å². The molecule has 152 valence electrons. The Morgan fingerprint density at radius 2 is 1.90 bits per heavy atom. The van der Waals surface area contributed by atoms with Crippen molar-refractivity contribution >= 4 is 34.5 Å². The largest absolute Gasteiger partial charge is 0.419 e. The number of hydrogen-bond donors (Lipinski definition) is 1. The van der Waals surface area contributed by atoms with Crippen molar-refractivity contribution in [3.8, 4) is 0 Å². The predicted octanol–water partition coefficient (Wildman–Crippen LogP) is 4.70. The lowest BCUT2D eigenvalue weighted by Gasteiger charge is -2.07. The monoisotopic (exact) mass is 419 g/mol. The number of benzene rings is 2. The predicted molar refractivity (Wildman–Crippen MR) is 119 cm³/mol. The highest BCUT2D eigenvalue weighted by Crippen LogP contribution is 2.24. The summed E-state index contributed by atoms with van der Waals surface area (Å²) in [6.45, 7) is 0.438. The first-order valence-corrected chi connectivity index (χ1v) is 10.7. The third-order valence-electron chi connectivity index (χ3n) is 4.63. The molecule has 6 nitrogen and oxygen atoms in total. The van der Waals surface area contributed by atoms with Crippen LogP contribution in [0.1, 0.15) is 18.4 Å². The zero-order valence-corrected chi connectivity index (χ0v) is 17.1. The maximum atomic E-state index is 12.3. The second-order valence-corrected chi connectivity index (χ2v) is 7.86. The van der Waals surface area contributed by atoms with Crippen molar-refractivity contribution in [1.29, 1.82) is 0 Å². The Bertz CT molecular complexity index is 1180. The van der Waals surface area contributed by atoms with Crippen LogP contribution in [-0.4, -0.2) is 15.5 Å².